The monoisotopic (exact) mass is 382 g/mol. The van der Waals surface area contributed by atoms with Gasteiger partial charge >= 0.3 is 11.9 Å². The molecule has 148 valence electrons. The number of aryl methyl sites for hydroxylation is 1. The lowest BCUT2D eigenvalue weighted by Crippen LogP contribution is -2.27. The summed E-state index contributed by atoms with van der Waals surface area (Å²) in [4.78, 5) is 24.5. The summed E-state index contributed by atoms with van der Waals surface area (Å²) in [6.07, 6.45) is 2.58. The highest BCUT2D eigenvalue weighted by Crippen LogP contribution is 2.40. The van der Waals surface area contributed by atoms with Gasteiger partial charge in [-0.3, -0.25) is 0 Å². The quantitative estimate of drug-likeness (QED) is 0.554. The topological polar surface area (TPSA) is 61.8 Å². The second-order valence-electron chi connectivity index (χ2n) is 7.64. The molecule has 0 aliphatic carbocycles. The van der Waals surface area contributed by atoms with Gasteiger partial charge in [0.15, 0.2) is 0 Å². The van der Waals surface area contributed by atoms with Crippen molar-refractivity contribution in [2.75, 3.05) is 13.7 Å². The van der Waals surface area contributed by atoms with Crippen LogP contribution in [0.1, 0.15) is 65.5 Å². The minimum Gasteiger partial charge on any atom is -0.493 e. The van der Waals surface area contributed by atoms with E-state index in [1.807, 2.05) is 12.1 Å². The van der Waals surface area contributed by atoms with Crippen molar-refractivity contribution in [1.29, 1.82) is 0 Å². The summed E-state index contributed by atoms with van der Waals surface area (Å²) < 4.78 is 16.1. The Morgan fingerprint density at radius 1 is 1.11 bits per heavy atom. The second kappa shape index (κ2) is 8.05. The van der Waals surface area contributed by atoms with Crippen molar-refractivity contribution in [2.45, 2.75) is 45.4 Å². The minimum atomic E-state index is -0.431. The molecule has 0 atom stereocenters. The molecule has 0 fully saturated rings. The molecule has 0 radical (unpaired) electrons. The van der Waals surface area contributed by atoms with Crippen molar-refractivity contribution in [1.82, 2.24) is 0 Å². The van der Waals surface area contributed by atoms with E-state index in [1.54, 1.807) is 24.3 Å². The van der Waals surface area contributed by atoms with Crippen LogP contribution in [0.5, 0.6) is 11.5 Å². The Bertz CT molecular complexity index is 881. The van der Waals surface area contributed by atoms with E-state index in [4.69, 9.17) is 9.47 Å². The average molecular weight is 382 g/mol. The Labute approximate surface area is 165 Å². The number of methoxy groups -OCH3 is 1. The van der Waals surface area contributed by atoms with Crippen molar-refractivity contribution >= 4 is 11.9 Å². The third kappa shape index (κ3) is 4.03. The number of benzene rings is 2. The number of hydrogen-bond acceptors (Lipinski definition) is 5. The summed E-state index contributed by atoms with van der Waals surface area (Å²) in [5.74, 6) is 0.408. The predicted molar refractivity (Wildman–Crippen MR) is 106 cm³/mol. The average Bonchev–Trinajstić information content (AvgIpc) is 2.67. The van der Waals surface area contributed by atoms with Gasteiger partial charge in [0.2, 0.25) is 0 Å². The lowest BCUT2D eigenvalue weighted by molar-refractivity contribution is 0.0600. The summed E-state index contributed by atoms with van der Waals surface area (Å²) >= 11 is 0. The molecular weight excluding hydrogens is 356 g/mol. The molecule has 1 aliphatic rings. The Morgan fingerprint density at radius 2 is 1.82 bits per heavy atom. The van der Waals surface area contributed by atoms with Crippen LogP contribution in [0.4, 0.5) is 0 Å². The van der Waals surface area contributed by atoms with Crippen LogP contribution in [0.25, 0.3) is 0 Å². The molecule has 5 heteroatoms. The molecule has 0 bridgehead atoms. The molecule has 2 aromatic carbocycles. The fraction of sp³-hybridized carbons (Fsp3) is 0.391. The highest BCUT2D eigenvalue weighted by atomic mass is 16.5. The Balaban J connectivity index is 1.91. The van der Waals surface area contributed by atoms with E-state index < -0.39 is 11.9 Å². The first kappa shape index (κ1) is 19.9. The molecule has 1 aliphatic heterocycles. The lowest BCUT2D eigenvalue weighted by atomic mass is 9.78. The molecule has 0 saturated heterocycles. The van der Waals surface area contributed by atoms with Gasteiger partial charge in [-0.2, -0.15) is 0 Å². The maximum Gasteiger partial charge on any atom is 0.343 e. The van der Waals surface area contributed by atoms with Gasteiger partial charge in [-0.25, -0.2) is 9.59 Å². The van der Waals surface area contributed by atoms with Gasteiger partial charge in [-0.15, -0.1) is 0 Å². The van der Waals surface area contributed by atoms with Gasteiger partial charge in [0, 0.05) is 5.56 Å². The van der Waals surface area contributed by atoms with E-state index in [0.717, 1.165) is 36.1 Å². The van der Waals surface area contributed by atoms with Crippen LogP contribution < -0.4 is 9.47 Å². The summed E-state index contributed by atoms with van der Waals surface area (Å²) in [6.45, 7) is 7.08. The van der Waals surface area contributed by atoms with Gasteiger partial charge in [0.1, 0.15) is 11.5 Å². The second-order valence-corrected chi connectivity index (χ2v) is 7.64. The van der Waals surface area contributed by atoms with Crippen LogP contribution in [0.2, 0.25) is 0 Å². The van der Waals surface area contributed by atoms with Crippen molar-refractivity contribution in [3.8, 4) is 11.5 Å². The zero-order chi connectivity index (χ0) is 20.3. The molecule has 0 unspecified atom stereocenters. The van der Waals surface area contributed by atoms with Crippen LogP contribution in [-0.4, -0.2) is 25.7 Å². The molecule has 0 aromatic heterocycles. The van der Waals surface area contributed by atoms with Crippen LogP contribution in [0.15, 0.2) is 36.4 Å². The largest absolute Gasteiger partial charge is 0.493 e. The Kier molecular flexibility index (Phi) is 5.73. The highest BCUT2D eigenvalue weighted by molar-refractivity contribution is 5.94. The summed E-state index contributed by atoms with van der Waals surface area (Å²) in [6, 6.07) is 10.2. The van der Waals surface area contributed by atoms with E-state index in [2.05, 4.69) is 25.5 Å². The molecule has 1 heterocycles. The van der Waals surface area contributed by atoms with E-state index in [1.165, 1.54) is 7.11 Å². The number of carbonyl (C=O) groups excluding carboxylic acids is 2. The molecule has 3 rings (SSSR count). The molecule has 0 N–H and O–H groups in total. The third-order valence-electron chi connectivity index (χ3n) is 5.14. The zero-order valence-electron chi connectivity index (χ0n) is 16.8. The number of ether oxygens (including phenoxy) is 3. The Morgan fingerprint density at radius 3 is 2.46 bits per heavy atom. The molecule has 5 nitrogen and oxygen atoms in total. The van der Waals surface area contributed by atoms with Gasteiger partial charge in [-0.05, 0) is 60.2 Å². The first-order chi connectivity index (χ1) is 13.4. The summed E-state index contributed by atoms with van der Waals surface area (Å²) in [5.41, 5.74) is 2.87. The van der Waals surface area contributed by atoms with Crippen LogP contribution in [-0.2, 0) is 16.6 Å². The number of esters is 2. The fourth-order valence-corrected chi connectivity index (χ4v) is 3.43. The fourth-order valence-electron chi connectivity index (χ4n) is 3.43. The number of fused-ring (bicyclic) bond motifs is 1. The first-order valence-electron chi connectivity index (χ1n) is 9.56. The predicted octanol–water partition coefficient (Wildman–Crippen LogP) is 4.71. The van der Waals surface area contributed by atoms with Gasteiger partial charge in [-0.1, -0.05) is 27.2 Å². The van der Waals surface area contributed by atoms with Gasteiger partial charge < -0.3 is 14.2 Å². The van der Waals surface area contributed by atoms with Crippen molar-refractivity contribution in [3.63, 3.8) is 0 Å². The number of hydrogen-bond donors (Lipinski definition) is 0. The van der Waals surface area contributed by atoms with Crippen LogP contribution in [0, 0.1) is 0 Å². The third-order valence-corrected chi connectivity index (χ3v) is 5.14. The van der Waals surface area contributed by atoms with E-state index in [0.29, 0.717) is 23.5 Å². The van der Waals surface area contributed by atoms with Crippen molar-refractivity contribution in [2.24, 2.45) is 0 Å². The highest BCUT2D eigenvalue weighted by Gasteiger charge is 2.31. The molecule has 0 spiro atoms. The van der Waals surface area contributed by atoms with Gasteiger partial charge in [0.05, 0.1) is 24.8 Å². The summed E-state index contributed by atoms with van der Waals surface area (Å²) in [7, 11) is 1.33. The SMILES string of the molecule is CCCc1cc2c(cc1C(=O)Oc1ccc(C(=O)OC)cc1)C(C)(C)CCO2. The molecular formula is C23H26O5. The van der Waals surface area contributed by atoms with Crippen molar-refractivity contribution < 1.29 is 23.8 Å². The smallest absolute Gasteiger partial charge is 0.343 e. The van der Waals surface area contributed by atoms with E-state index in [-0.39, 0.29) is 5.41 Å². The van der Waals surface area contributed by atoms with Crippen LogP contribution in [0.3, 0.4) is 0 Å². The maximum atomic E-state index is 12.9. The van der Waals surface area contributed by atoms with Gasteiger partial charge in [0.25, 0.3) is 0 Å². The Hall–Kier alpha value is -2.82. The molecule has 2 aromatic rings. The van der Waals surface area contributed by atoms with Crippen molar-refractivity contribution in [3.05, 3.63) is 58.7 Å². The number of rotatable bonds is 5. The minimum absolute atomic E-state index is 0.0600. The first-order valence-corrected chi connectivity index (χ1v) is 9.56. The lowest BCUT2D eigenvalue weighted by Gasteiger charge is -2.33. The normalized spacial score (nSPS) is 14.6. The molecule has 0 saturated carbocycles. The molecule has 0 amide bonds. The van der Waals surface area contributed by atoms with Crippen LogP contribution >= 0.6 is 0 Å². The molecule has 28 heavy (non-hydrogen) atoms. The van der Waals surface area contributed by atoms with E-state index >= 15 is 0 Å². The van der Waals surface area contributed by atoms with E-state index in [9.17, 15) is 9.59 Å². The zero-order valence-corrected chi connectivity index (χ0v) is 16.8. The standard InChI is InChI=1S/C23H26O5/c1-5-6-16-13-20-19(23(2,3)11-12-27-20)14-18(16)22(25)28-17-9-7-15(8-10-17)21(24)26-4/h7-10,13-14H,5-6,11-12H2,1-4H3. The summed E-state index contributed by atoms with van der Waals surface area (Å²) in [5, 5.41) is 0. The number of carbonyl (C=O) groups is 2. The maximum absolute atomic E-state index is 12.9.